The van der Waals surface area contributed by atoms with Crippen molar-refractivity contribution in [1.82, 2.24) is 19.9 Å². The van der Waals surface area contributed by atoms with Crippen LogP contribution in [0.5, 0.6) is 0 Å². The largest absolute Gasteiger partial charge is 0.419 e. The van der Waals surface area contributed by atoms with Crippen molar-refractivity contribution in [1.29, 1.82) is 0 Å². The van der Waals surface area contributed by atoms with Crippen LogP contribution in [0.2, 0.25) is 5.02 Å². The maximum absolute atomic E-state index is 13.5. The molecule has 3 aromatic rings. The van der Waals surface area contributed by atoms with Crippen LogP contribution in [0.25, 0.3) is 11.4 Å². The molecule has 3 heterocycles. The Labute approximate surface area is 219 Å². The van der Waals surface area contributed by atoms with Gasteiger partial charge in [0.1, 0.15) is 5.82 Å². The van der Waals surface area contributed by atoms with E-state index in [1.165, 1.54) is 31.5 Å². The fraction of sp³-hybridized carbons (Fsp3) is 0.462. The summed E-state index contributed by atoms with van der Waals surface area (Å²) in [6, 6.07) is 10.1. The molecular weight excluding hydrogens is 503 g/mol. The number of piperazine rings is 1. The quantitative estimate of drug-likeness (QED) is 0.418. The van der Waals surface area contributed by atoms with Crippen molar-refractivity contribution in [3.63, 3.8) is 0 Å². The number of halogens is 4. The van der Waals surface area contributed by atoms with Crippen LogP contribution < -0.4 is 14.7 Å². The second-order valence-electron chi connectivity index (χ2n) is 9.52. The molecule has 1 aliphatic carbocycles. The minimum atomic E-state index is -4.46. The van der Waals surface area contributed by atoms with Crippen molar-refractivity contribution in [2.75, 3.05) is 47.9 Å². The van der Waals surface area contributed by atoms with E-state index in [4.69, 9.17) is 26.6 Å². The maximum atomic E-state index is 13.5. The average Bonchev–Trinajstić information content (AvgIpc) is 2.93. The Bertz CT molecular complexity index is 1210. The number of aromatic nitrogens is 4. The van der Waals surface area contributed by atoms with E-state index in [0.717, 1.165) is 24.5 Å². The van der Waals surface area contributed by atoms with Gasteiger partial charge in [-0.2, -0.15) is 28.1 Å². The lowest BCUT2D eigenvalue weighted by molar-refractivity contribution is -0.137. The van der Waals surface area contributed by atoms with Gasteiger partial charge in [-0.05, 0) is 49.2 Å². The Morgan fingerprint density at radius 1 is 0.892 bits per heavy atom. The third-order valence-electron chi connectivity index (χ3n) is 7.11. The summed E-state index contributed by atoms with van der Waals surface area (Å²) in [5.41, 5.74) is 0.110. The molecule has 2 fully saturated rings. The van der Waals surface area contributed by atoms with Crippen molar-refractivity contribution in [3.8, 4) is 11.4 Å². The molecular formula is C26H29ClF3N7. The maximum Gasteiger partial charge on any atom is 0.419 e. The molecule has 0 unspecified atom stereocenters. The van der Waals surface area contributed by atoms with Gasteiger partial charge in [0, 0.05) is 56.1 Å². The lowest BCUT2D eigenvalue weighted by atomic mass is 9.95. The molecule has 2 aromatic heterocycles. The number of benzene rings is 1. The molecule has 1 saturated carbocycles. The van der Waals surface area contributed by atoms with Gasteiger partial charge in [-0.1, -0.05) is 30.9 Å². The SMILES string of the molecule is CN(c1nc(-c2ccc(Cl)cc2)nc(N2CCN(c3ncccc3C(F)(F)F)CC2)n1)C1CCCCC1. The van der Waals surface area contributed by atoms with Gasteiger partial charge in [0.2, 0.25) is 11.9 Å². The fourth-order valence-electron chi connectivity index (χ4n) is 5.00. The van der Waals surface area contributed by atoms with E-state index in [0.29, 0.717) is 55.0 Å². The minimum absolute atomic E-state index is 0.0372. The summed E-state index contributed by atoms with van der Waals surface area (Å²) in [5, 5.41) is 0.626. The standard InChI is InChI=1S/C26H29ClF3N7/c1-35(20-6-3-2-4-7-20)24-32-22(18-9-11-19(27)12-10-18)33-25(34-24)37-16-14-36(15-17-37)23-21(26(28,29)30)8-5-13-31-23/h5,8-13,20H,2-4,6-7,14-17H2,1H3. The zero-order valence-electron chi connectivity index (χ0n) is 20.6. The van der Waals surface area contributed by atoms with Crippen molar-refractivity contribution < 1.29 is 13.2 Å². The number of anilines is 3. The number of alkyl halides is 3. The molecule has 0 radical (unpaired) electrons. The first-order valence-electron chi connectivity index (χ1n) is 12.6. The van der Waals surface area contributed by atoms with Gasteiger partial charge in [0.15, 0.2) is 5.82 Å². The van der Waals surface area contributed by atoms with Gasteiger partial charge in [-0.3, -0.25) is 0 Å². The average molecular weight is 532 g/mol. The molecule has 1 aliphatic heterocycles. The highest BCUT2D eigenvalue weighted by Gasteiger charge is 2.36. The summed E-state index contributed by atoms with van der Waals surface area (Å²) < 4.78 is 40.6. The highest BCUT2D eigenvalue weighted by molar-refractivity contribution is 6.30. The van der Waals surface area contributed by atoms with E-state index in [9.17, 15) is 13.2 Å². The molecule has 0 atom stereocenters. The minimum Gasteiger partial charge on any atom is -0.353 e. The highest BCUT2D eigenvalue weighted by Crippen LogP contribution is 2.35. The van der Waals surface area contributed by atoms with Crippen LogP contribution in [0.4, 0.5) is 30.9 Å². The Morgan fingerprint density at radius 2 is 1.57 bits per heavy atom. The Kier molecular flexibility index (Phi) is 7.37. The fourth-order valence-corrected chi connectivity index (χ4v) is 5.13. The summed E-state index contributed by atoms with van der Waals surface area (Å²) >= 11 is 6.09. The second kappa shape index (κ2) is 10.7. The Balaban J connectivity index is 1.41. The molecule has 7 nitrogen and oxygen atoms in total. The lowest BCUT2D eigenvalue weighted by Crippen LogP contribution is -2.48. The van der Waals surface area contributed by atoms with E-state index < -0.39 is 11.7 Å². The smallest absolute Gasteiger partial charge is 0.353 e. The lowest BCUT2D eigenvalue weighted by Gasteiger charge is -2.37. The summed E-state index contributed by atoms with van der Waals surface area (Å²) in [7, 11) is 2.03. The van der Waals surface area contributed by atoms with Gasteiger partial charge < -0.3 is 14.7 Å². The number of hydrogen-bond donors (Lipinski definition) is 0. The van der Waals surface area contributed by atoms with Crippen LogP contribution >= 0.6 is 11.6 Å². The highest BCUT2D eigenvalue weighted by atomic mass is 35.5. The van der Waals surface area contributed by atoms with Gasteiger partial charge in [-0.15, -0.1) is 0 Å². The molecule has 1 saturated heterocycles. The normalized spacial score (nSPS) is 17.2. The van der Waals surface area contributed by atoms with Crippen LogP contribution in [0.15, 0.2) is 42.6 Å². The van der Waals surface area contributed by atoms with E-state index in [2.05, 4.69) is 9.88 Å². The molecule has 0 spiro atoms. The zero-order valence-corrected chi connectivity index (χ0v) is 21.4. The van der Waals surface area contributed by atoms with Crippen LogP contribution in [0.1, 0.15) is 37.7 Å². The Hall–Kier alpha value is -3.14. The first-order valence-corrected chi connectivity index (χ1v) is 12.9. The summed E-state index contributed by atoms with van der Waals surface area (Å²) in [5.74, 6) is 1.64. The van der Waals surface area contributed by atoms with E-state index >= 15 is 0 Å². The first kappa shape index (κ1) is 25.5. The number of nitrogens with zero attached hydrogens (tertiary/aromatic N) is 7. The number of pyridine rings is 1. The van der Waals surface area contributed by atoms with E-state index in [1.807, 2.05) is 24.1 Å². The van der Waals surface area contributed by atoms with Gasteiger partial charge in [-0.25, -0.2) is 4.98 Å². The molecule has 1 aromatic carbocycles. The van der Waals surface area contributed by atoms with Crippen LogP contribution in [-0.2, 0) is 6.18 Å². The van der Waals surface area contributed by atoms with Gasteiger partial charge in [0.25, 0.3) is 0 Å². The molecule has 0 N–H and O–H groups in total. The first-order chi connectivity index (χ1) is 17.8. The summed E-state index contributed by atoms with van der Waals surface area (Å²) in [4.78, 5) is 24.2. The predicted molar refractivity (Wildman–Crippen MR) is 139 cm³/mol. The summed E-state index contributed by atoms with van der Waals surface area (Å²) in [6.07, 6.45) is 2.75. The third kappa shape index (κ3) is 5.74. The van der Waals surface area contributed by atoms with E-state index in [1.54, 1.807) is 17.0 Å². The van der Waals surface area contributed by atoms with Crippen molar-refractivity contribution in [2.45, 2.75) is 44.3 Å². The van der Waals surface area contributed by atoms with Crippen molar-refractivity contribution in [2.24, 2.45) is 0 Å². The molecule has 11 heteroatoms. The molecule has 0 amide bonds. The topological polar surface area (TPSA) is 61.3 Å². The van der Waals surface area contributed by atoms with Crippen molar-refractivity contribution in [3.05, 3.63) is 53.2 Å². The molecule has 2 aliphatic rings. The van der Waals surface area contributed by atoms with Crippen molar-refractivity contribution >= 4 is 29.3 Å². The predicted octanol–water partition coefficient (Wildman–Crippen LogP) is 5.70. The van der Waals surface area contributed by atoms with Crippen LogP contribution in [0.3, 0.4) is 0 Å². The summed E-state index contributed by atoms with van der Waals surface area (Å²) in [6.45, 7) is 1.67. The number of rotatable bonds is 5. The molecule has 5 rings (SSSR count). The van der Waals surface area contributed by atoms with Crippen LogP contribution in [0, 0.1) is 0 Å². The number of hydrogen-bond acceptors (Lipinski definition) is 7. The van der Waals surface area contributed by atoms with Gasteiger partial charge in [0.05, 0.1) is 5.56 Å². The molecule has 37 heavy (non-hydrogen) atoms. The van der Waals surface area contributed by atoms with E-state index in [-0.39, 0.29) is 5.82 Å². The molecule has 0 bridgehead atoms. The third-order valence-corrected chi connectivity index (χ3v) is 7.36. The van der Waals surface area contributed by atoms with Gasteiger partial charge >= 0.3 is 6.18 Å². The van der Waals surface area contributed by atoms with Crippen LogP contribution in [-0.4, -0.2) is 59.2 Å². The molecule has 196 valence electrons. The zero-order chi connectivity index (χ0) is 26.0. The monoisotopic (exact) mass is 531 g/mol. The second-order valence-corrected chi connectivity index (χ2v) is 9.95. The Morgan fingerprint density at radius 3 is 2.24 bits per heavy atom.